The first-order valence-corrected chi connectivity index (χ1v) is 10.2. The molecule has 1 aliphatic heterocycles. The molecule has 3 rings (SSSR count). The fraction of sp³-hybridized carbons (Fsp3) is 0.476. The Kier molecular flexibility index (Phi) is 6.66. The van der Waals surface area contributed by atoms with E-state index in [9.17, 15) is 24.0 Å². The Labute approximate surface area is 183 Å². The Balaban J connectivity index is 1.69. The van der Waals surface area contributed by atoms with Crippen molar-refractivity contribution >= 4 is 23.5 Å². The second kappa shape index (κ2) is 9.25. The number of carbonyl (C=O) groups is 3. The Bertz CT molecular complexity index is 1140. The molecule has 1 amide bonds. The van der Waals surface area contributed by atoms with Crippen LogP contribution in [-0.2, 0) is 34.5 Å². The van der Waals surface area contributed by atoms with Crippen molar-refractivity contribution in [1.29, 1.82) is 0 Å². The second-order valence-electron chi connectivity index (χ2n) is 8.20. The molecule has 1 unspecified atom stereocenters. The van der Waals surface area contributed by atoms with E-state index in [2.05, 4.69) is 0 Å². The molecule has 1 atom stereocenters. The molecule has 172 valence electrons. The molecule has 1 saturated heterocycles. The maximum absolute atomic E-state index is 12.7. The van der Waals surface area contributed by atoms with Gasteiger partial charge in [-0.3, -0.25) is 28.3 Å². The van der Waals surface area contributed by atoms with E-state index in [-0.39, 0.29) is 43.7 Å². The van der Waals surface area contributed by atoms with Gasteiger partial charge >= 0.3 is 11.7 Å². The minimum atomic E-state index is -0.853. The van der Waals surface area contributed by atoms with Crippen LogP contribution in [0.15, 0.2) is 32.4 Å². The summed E-state index contributed by atoms with van der Waals surface area (Å²) in [6.45, 7) is 3.58. The van der Waals surface area contributed by atoms with Gasteiger partial charge in [0.05, 0.1) is 18.7 Å². The highest BCUT2D eigenvalue weighted by atomic mass is 16.5. The van der Waals surface area contributed by atoms with Crippen LogP contribution in [0.1, 0.15) is 36.4 Å². The predicted octanol–water partition coefficient (Wildman–Crippen LogP) is 0.153. The zero-order valence-electron chi connectivity index (χ0n) is 18.2. The van der Waals surface area contributed by atoms with Crippen LogP contribution in [0.3, 0.4) is 0 Å². The molecule has 1 fully saturated rings. The number of nitrogens with two attached hydrogens (primary N) is 1. The summed E-state index contributed by atoms with van der Waals surface area (Å²) < 4.78 is 12.3. The SMILES string of the molecule is CC(C)Cn1c(N)c(C(=O)COC(=O)C2CC(=O)N(Cc3ccco3)C2)c(=O)n(C)c1=O. The average Bonchev–Trinajstić information content (AvgIpc) is 3.38. The quantitative estimate of drug-likeness (QED) is 0.445. The van der Waals surface area contributed by atoms with Crippen LogP contribution >= 0.6 is 0 Å². The van der Waals surface area contributed by atoms with Crippen molar-refractivity contribution in [3.63, 3.8) is 0 Å². The molecule has 0 spiro atoms. The van der Waals surface area contributed by atoms with E-state index in [1.54, 1.807) is 12.1 Å². The zero-order chi connectivity index (χ0) is 23.6. The molecule has 2 aromatic rings. The van der Waals surface area contributed by atoms with Crippen molar-refractivity contribution in [1.82, 2.24) is 14.0 Å². The lowest BCUT2D eigenvalue weighted by atomic mass is 10.1. The molecule has 1 aliphatic rings. The van der Waals surface area contributed by atoms with Crippen molar-refractivity contribution in [3.05, 3.63) is 50.6 Å². The minimum absolute atomic E-state index is 0.0392. The number of nitrogens with zero attached hydrogens (tertiary/aromatic N) is 3. The summed E-state index contributed by atoms with van der Waals surface area (Å²) in [5.41, 5.74) is 4.08. The molecule has 2 aromatic heterocycles. The third kappa shape index (κ3) is 4.66. The van der Waals surface area contributed by atoms with E-state index in [0.29, 0.717) is 5.76 Å². The van der Waals surface area contributed by atoms with E-state index >= 15 is 0 Å². The van der Waals surface area contributed by atoms with Crippen LogP contribution < -0.4 is 17.0 Å². The fourth-order valence-corrected chi connectivity index (χ4v) is 3.59. The van der Waals surface area contributed by atoms with Gasteiger partial charge in [-0.1, -0.05) is 13.8 Å². The highest BCUT2D eigenvalue weighted by Crippen LogP contribution is 2.21. The van der Waals surface area contributed by atoms with Gasteiger partial charge in [0.1, 0.15) is 17.1 Å². The lowest BCUT2D eigenvalue weighted by Gasteiger charge is -2.16. The maximum Gasteiger partial charge on any atom is 0.332 e. The highest BCUT2D eigenvalue weighted by Gasteiger charge is 2.36. The Morgan fingerprint density at radius 1 is 1.28 bits per heavy atom. The normalized spacial score (nSPS) is 16.1. The number of Topliss-reactive ketones (excluding diaryl/α,β-unsaturated/α-hetero) is 1. The van der Waals surface area contributed by atoms with Crippen LogP contribution in [0.5, 0.6) is 0 Å². The lowest BCUT2D eigenvalue weighted by molar-refractivity contribution is -0.147. The number of hydrogen-bond donors (Lipinski definition) is 1. The highest BCUT2D eigenvalue weighted by molar-refractivity contribution is 6.01. The van der Waals surface area contributed by atoms with E-state index < -0.39 is 41.1 Å². The standard InChI is InChI=1S/C21H26N4O7/c1-12(2)8-25-18(22)17(19(28)23(3)21(25)30)15(26)11-32-20(29)13-7-16(27)24(9-13)10-14-5-4-6-31-14/h4-6,12-13H,7-11,22H2,1-3H3. The molecule has 2 N–H and O–H groups in total. The maximum atomic E-state index is 12.7. The molecule has 0 bridgehead atoms. The molecule has 0 radical (unpaired) electrons. The van der Waals surface area contributed by atoms with Gasteiger partial charge in [0.25, 0.3) is 5.56 Å². The first kappa shape index (κ1) is 23.0. The number of esters is 1. The second-order valence-corrected chi connectivity index (χ2v) is 8.20. The van der Waals surface area contributed by atoms with Crippen molar-refractivity contribution < 1.29 is 23.5 Å². The molecule has 0 aliphatic carbocycles. The molecule has 11 nitrogen and oxygen atoms in total. The zero-order valence-corrected chi connectivity index (χ0v) is 18.2. The van der Waals surface area contributed by atoms with Gasteiger partial charge in [0.15, 0.2) is 6.61 Å². The number of hydrogen-bond acceptors (Lipinski definition) is 8. The summed E-state index contributed by atoms with van der Waals surface area (Å²) in [4.78, 5) is 63.6. The third-order valence-electron chi connectivity index (χ3n) is 5.23. The first-order valence-electron chi connectivity index (χ1n) is 10.2. The molecular formula is C21H26N4O7. The lowest BCUT2D eigenvalue weighted by Crippen LogP contribution is -2.43. The van der Waals surface area contributed by atoms with Crippen LogP contribution in [-0.4, -0.2) is 44.8 Å². The van der Waals surface area contributed by atoms with Gasteiger partial charge in [-0.25, -0.2) is 4.79 Å². The molecular weight excluding hydrogens is 420 g/mol. The summed E-state index contributed by atoms with van der Waals surface area (Å²) in [7, 11) is 1.25. The largest absolute Gasteiger partial charge is 0.467 e. The smallest absolute Gasteiger partial charge is 0.332 e. The van der Waals surface area contributed by atoms with Gasteiger partial charge in [0.2, 0.25) is 11.7 Å². The topological polar surface area (TPSA) is 147 Å². The van der Waals surface area contributed by atoms with E-state index in [0.717, 1.165) is 9.13 Å². The van der Waals surface area contributed by atoms with Gasteiger partial charge in [-0.2, -0.15) is 0 Å². The Morgan fingerprint density at radius 2 is 2.00 bits per heavy atom. The van der Waals surface area contributed by atoms with Crippen LogP contribution in [0.2, 0.25) is 0 Å². The van der Waals surface area contributed by atoms with Crippen molar-refractivity contribution in [2.45, 2.75) is 33.4 Å². The van der Waals surface area contributed by atoms with Gasteiger partial charge in [0, 0.05) is 26.6 Å². The van der Waals surface area contributed by atoms with Crippen molar-refractivity contribution in [3.8, 4) is 0 Å². The third-order valence-corrected chi connectivity index (χ3v) is 5.23. The van der Waals surface area contributed by atoms with Crippen molar-refractivity contribution in [2.75, 3.05) is 18.9 Å². The number of nitrogen functional groups attached to an aromatic ring is 1. The molecule has 0 saturated carbocycles. The number of ketones is 1. The molecule has 3 heterocycles. The first-order chi connectivity index (χ1) is 15.1. The number of carbonyl (C=O) groups excluding carboxylic acids is 3. The summed E-state index contributed by atoms with van der Waals surface area (Å²) in [6, 6.07) is 3.43. The number of anilines is 1. The fourth-order valence-electron chi connectivity index (χ4n) is 3.59. The monoisotopic (exact) mass is 446 g/mol. The van der Waals surface area contributed by atoms with E-state index in [4.69, 9.17) is 14.9 Å². The Morgan fingerprint density at radius 3 is 2.62 bits per heavy atom. The number of likely N-dealkylation sites (tertiary alicyclic amines) is 1. The van der Waals surface area contributed by atoms with Crippen LogP contribution in [0.25, 0.3) is 0 Å². The number of rotatable bonds is 8. The number of furan rings is 1. The van der Waals surface area contributed by atoms with Crippen LogP contribution in [0, 0.1) is 11.8 Å². The summed E-state index contributed by atoms with van der Waals surface area (Å²) >= 11 is 0. The summed E-state index contributed by atoms with van der Waals surface area (Å²) in [6.07, 6.45) is 1.45. The van der Waals surface area contributed by atoms with Crippen LogP contribution in [0.4, 0.5) is 5.82 Å². The molecule has 11 heteroatoms. The van der Waals surface area contributed by atoms with E-state index in [1.807, 2.05) is 13.8 Å². The Hall–Kier alpha value is -3.63. The average molecular weight is 446 g/mol. The minimum Gasteiger partial charge on any atom is -0.467 e. The number of aromatic nitrogens is 2. The molecule has 32 heavy (non-hydrogen) atoms. The summed E-state index contributed by atoms with van der Waals surface area (Å²) in [5, 5.41) is 0. The molecule has 0 aromatic carbocycles. The van der Waals surface area contributed by atoms with Gasteiger partial charge in [-0.05, 0) is 18.1 Å². The predicted molar refractivity (Wildman–Crippen MR) is 113 cm³/mol. The number of amides is 1. The van der Waals surface area contributed by atoms with Crippen molar-refractivity contribution in [2.24, 2.45) is 18.9 Å². The van der Waals surface area contributed by atoms with Gasteiger partial charge < -0.3 is 19.8 Å². The number of ether oxygens (including phenoxy) is 1. The summed E-state index contributed by atoms with van der Waals surface area (Å²) in [5.74, 6) is -2.13. The van der Waals surface area contributed by atoms with Gasteiger partial charge in [-0.15, -0.1) is 0 Å². The van der Waals surface area contributed by atoms with E-state index in [1.165, 1.54) is 18.2 Å².